The lowest BCUT2D eigenvalue weighted by Gasteiger charge is -2.29. The van der Waals surface area contributed by atoms with Crippen molar-refractivity contribution in [1.82, 2.24) is 14.8 Å². The van der Waals surface area contributed by atoms with Gasteiger partial charge in [0.05, 0.1) is 37.6 Å². The second-order valence-electron chi connectivity index (χ2n) is 7.01. The Morgan fingerprint density at radius 3 is 2.47 bits per heavy atom. The topological polar surface area (TPSA) is 99.5 Å². The van der Waals surface area contributed by atoms with Crippen LogP contribution in [0.3, 0.4) is 0 Å². The quantitative estimate of drug-likeness (QED) is 0.581. The van der Waals surface area contributed by atoms with E-state index in [2.05, 4.69) is 20.7 Å². The molecule has 4 rings (SSSR count). The van der Waals surface area contributed by atoms with Crippen LogP contribution in [0.1, 0.15) is 18.5 Å². The summed E-state index contributed by atoms with van der Waals surface area (Å²) in [6.45, 7) is 1.82. The Morgan fingerprint density at radius 2 is 1.81 bits per heavy atom. The van der Waals surface area contributed by atoms with Gasteiger partial charge in [0, 0.05) is 17.8 Å². The summed E-state index contributed by atoms with van der Waals surface area (Å²) in [5, 5.41) is 10.8. The summed E-state index contributed by atoms with van der Waals surface area (Å²) in [7, 11) is 4.61. The molecule has 0 aliphatic carbocycles. The number of amides is 1. The first-order valence-electron chi connectivity index (χ1n) is 9.71. The molecule has 0 radical (unpaired) electrons. The molecule has 3 aromatic rings. The smallest absolute Gasteiger partial charge is 0.255 e. The number of aromatic nitrogens is 3. The van der Waals surface area contributed by atoms with E-state index in [4.69, 9.17) is 25.8 Å². The predicted molar refractivity (Wildman–Crippen MR) is 121 cm³/mol. The SMILES string of the molecule is COc1ccc([C@@H]2C(C(=O)Nc3cc(OC)c(Cl)cc3OC)=C(C)Nc3ncnn32)cc1. The Labute approximate surface area is 190 Å². The third-order valence-corrected chi connectivity index (χ3v) is 5.49. The molecule has 2 aromatic carbocycles. The van der Waals surface area contributed by atoms with Crippen LogP contribution in [0.25, 0.3) is 0 Å². The highest BCUT2D eigenvalue weighted by atomic mass is 35.5. The maximum atomic E-state index is 13.5. The number of fused-ring (bicyclic) bond motifs is 1. The van der Waals surface area contributed by atoms with Gasteiger partial charge < -0.3 is 24.8 Å². The average molecular weight is 456 g/mol. The summed E-state index contributed by atoms with van der Waals surface area (Å²) in [5.74, 6) is 1.76. The first-order chi connectivity index (χ1) is 15.5. The van der Waals surface area contributed by atoms with Crippen molar-refractivity contribution in [3.63, 3.8) is 0 Å². The van der Waals surface area contributed by atoms with Crippen molar-refractivity contribution in [2.75, 3.05) is 32.0 Å². The minimum absolute atomic E-state index is 0.334. The van der Waals surface area contributed by atoms with Gasteiger partial charge in [0.15, 0.2) is 0 Å². The molecule has 0 fully saturated rings. The van der Waals surface area contributed by atoms with Crippen LogP contribution in [0.15, 0.2) is 54.0 Å². The van der Waals surface area contributed by atoms with Gasteiger partial charge in [-0.2, -0.15) is 10.1 Å². The van der Waals surface area contributed by atoms with Gasteiger partial charge in [-0.15, -0.1) is 0 Å². The monoisotopic (exact) mass is 455 g/mol. The average Bonchev–Trinajstić information content (AvgIpc) is 3.26. The van der Waals surface area contributed by atoms with E-state index in [-0.39, 0.29) is 5.91 Å². The molecule has 1 amide bonds. The van der Waals surface area contributed by atoms with E-state index in [0.29, 0.717) is 45.2 Å². The van der Waals surface area contributed by atoms with E-state index in [1.54, 1.807) is 23.9 Å². The van der Waals surface area contributed by atoms with Crippen LogP contribution in [0.2, 0.25) is 5.02 Å². The molecule has 2 N–H and O–H groups in total. The van der Waals surface area contributed by atoms with Gasteiger partial charge in [-0.25, -0.2) is 4.68 Å². The van der Waals surface area contributed by atoms with Crippen LogP contribution in [-0.2, 0) is 4.79 Å². The van der Waals surface area contributed by atoms with Crippen LogP contribution in [-0.4, -0.2) is 42.0 Å². The second kappa shape index (κ2) is 8.80. The second-order valence-corrected chi connectivity index (χ2v) is 7.42. The molecular weight excluding hydrogens is 434 g/mol. The number of anilines is 2. The number of nitrogens with zero attached hydrogens (tertiary/aromatic N) is 3. The lowest BCUT2D eigenvalue weighted by atomic mass is 9.95. The molecule has 1 aliphatic heterocycles. The van der Waals surface area contributed by atoms with Crippen LogP contribution in [0.5, 0.6) is 17.2 Å². The van der Waals surface area contributed by atoms with Crippen LogP contribution >= 0.6 is 11.6 Å². The van der Waals surface area contributed by atoms with Crippen LogP contribution in [0.4, 0.5) is 11.6 Å². The van der Waals surface area contributed by atoms with Gasteiger partial charge in [-0.1, -0.05) is 23.7 Å². The number of methoxy groups -OCH3 is 3. The first kappa shape index (κ1) is 21.5. The van der Waals surface area contributed by atoms with E-state index in [0.717, 1.165) is 5.56 Å². The zero-order valence-corrected chi connectivity index (χ0v) is 18.7. The third kappa shape index (κ3) is 3.82. The van der Waals surface area contributed by atoms with Crippen molar-refractivity contribution in [2.24, 2.45) is 0 Å². The van der Waals surface area contributed by atoms with E-state index in [1.807, 2.05) is 31.2 Å². The molecule has 0 unspecified atom stereocenters. The maximum Gasteiger partial charge on any atom is 0.255 e. The summed E-state index contributed by atoms with van der Waals surface area (Å²) in [4.78, 5) is 17.8. The molecule has 1 atom stereocenters. The number of hydrogen-bond acceptors (Lipinski definition) is 7. The summed E-state index contributed by atoms with van der Waals surface area (Å²) < 4.78 is 17.6. The maximum absolute atomic E-state index is 13.5. The summed E-state index contributed by atoms with van der Waals surface area (Å²) in [6.07, 6.45) is 1.44. The van der Waals surface area contributed by atoms with Gasteiger partial charge in [-0.3, -0.25) is 4.79 Å². The van der Waals surface area contributed by atoms with E-state index < -0.39 is 6.04 Å². The zero-order valence-electron chi connectivity index (χ0n) is 18.0. The minimum Gasteiger partial charge on any atom is -0.497 e. The first-order valence-corrected chi connectivity index (χ1v) is 10.1. The molecule has 0 bridgehead atoms. The highest BCUT2D eigenvalue weighted by Gasteiger charge is 2.33. The summed E-state index contributed by atoms with van der Waals surface area (Å²) in [6, 6.07) is 10.2. The van der Waals surface area contributed by atoms with E-state index in [1.165, 1.54) is 20.5 Å². The number of carbonyl (C=O) groups excluding carboxylic acids is 1. The number of allylic oxidation sites excluding steroid dienone is 1. The van der Waals surface area contributed by atoms with Crippen molar-refractivity contribution in [3.05, 3.63) is 64.6 Å². The van der Waals surface area contributed by atoms with Crippen molar-refractivity contribution in [2.45, 2.75) is 13.0 Å². The van der Waals surface area contributed by atoms with Crippen molar-refractivity contribution >= 4 is 29.1 Å². The molecule has 2 heterocycles. The number of halogens is 1. The summed E-state index contributed by atoms with van der Waals surface area (Å²) in [5.41, 5.74) is 2.41. The number of carbonyl (C=O) groups is 1. The predicted octanol–water partition coefficient (Wildman–Crippen LogP) is 3.88. The largest absolute Gasteiger partial charge is 0.497 e. The van der Waals surface area contributed by atoms with Crippen molar-refractivity contribution in [3.8, 4) is 17.2 Å². The Bertz CT molecular complexity index is 1190. The molecule has 10 heteroatoms. The van der Waals surface area contributed by atoms with E-state index >= 15 is 0 Å². The molecule has 0 spiro atoms. The van der Waals surface area contributed by atoms with Crippen molar-refractivity contribution in [1.29, 1.82) is 0 Å². The number of benzene rings is 2. The lowest BCUT2D eigenvalue weighted by molar-refractivity contribution is -0.113. The number of rotatable bonds is 6. The Balaban J connectivity index is 1.75. The minimum atomic E-state index is -0.500. The zero-order chi connectivity index (χ0) is 22.8. The Kier molecular flexibility index (Phi) is 5.91. The fourth-order valence-corrected chi connectivity index (χ4v) is 3.86. The molecule has 1 aromatic heterocycles. The Morgan fingerprint density at radius 1 is 1.09 bits per heavy atom. The van der Waals surface area contributed by atoms with E-state index in [9.17, 15) is 4.79 Å². The molecule has 32 heavy (non-hydrogen) atoms. The fraction of sp³-hybridized carbons (Fsp3) is 0.227. The van der Waals surface area contributed by atoms with Gasteiger partial charge in [0.1, 0.15) is 29.6 Å². The lowest BCUT2D eigenvalue weighted by Crippen LogP contribution is -2.31. The van der Waals surface area contributed by atoms with Gasteiger partial charge in [0.25, 0.3) is 5.91 Å². The Hall–Kier alpha value is -3.72. The highest BCUT2D eigenvalue weighted by Crippen LogP contribution is 2.39. The fourth-order valence-electron chi connectivity index (χ4n) is 3.63. The molecular formula is C22H22ClN5O4. The molecule has 1 aliphatic rings. The number of nitrogens with one attached hydrogen (secondary N) is 2. The van der Waals surface area contributed by atoms with Gasteiger partial charge in [0.2, 0.25) is 5.95 Å². The molecule has 0 saturated heterocycles. The number of hydrogen-bond donors (Lipinski definition) is 2. The number of ether oxygens (including phenoxy) is 3. The van der Waals surface area contributed by atoms with Gasteiger partial charge in [-0.05, 0) is 24.6 Å². The van der Waals surface area contributed by atoms with Crippen LogP contribution < -0.4 is 24.8 Å². The van der Waals surface area contributed by atoms with Crippen molar-refractivity contribution < 1.29 is 19.0 Å². The van der Waals surface area contributed by atoms with Gasteiger partial charge >= 0.3 is 0 Å². The molecule has 0 saturated carbocycles. The standard InChI is InChI=1S/C22H22ClN5O4/c1-12-19(21(29)27-16-10-17(31-3)15(23)9-18(16)32-4)20(28-22(26-12)24-11-25-28)13-5-7-14(30-2)8-6-13/h5-11,20H,1-4H3,(H,27,29)(H,24,25,26)/t20-/m1/s1. The third-order valence-electron chi connectivity index (χ3n) is 5.19. The normalized spacial score (nSPS) is 15.0. The summed E-state index contributed by atoms with van der Waals surface area (Å²) >= 11 is 6.19. The van der Waals surface area contributed by atoms with Crippen LogP contribution in [0, 0.1) is 0 Å². The molecule has 166 valence electrons. The highest BCUT2D eigenvalue weighted by molar-refractivity contribution is 6.32. The molecule has 9 nitrogen and oxygen atoms in total.